The van der Waals surface area contributed by atoms with Crippen LogP contribution in [-0.4, -0.2) is 35.9 Å². The number of nitrogens with zero attached hydrogens (tertiary/aromatic N) is 1. The Labute approximate surface area is 160 Å². The highest BCUT2D eigenvalue weighted by atomic mass is 19.1. The zero-order valence-corrected chi connectivity index (χ0v) is 15.1. The molecule has 2 heterocycles. The van der Waals surface area contributed by atoms with Gasteiger partial charge in [-0.15, -0.1) is 0 Å². The van der Waals surface area contributed by atoms with E-state index in [0.29, 0.717) is 16.9 Å². The van der Waals surface area contributed by atoms with E-state index in [2.05, 4.69) is 10.6 Å². The minimum absolute atomic E-state index is 0.00576. The Bertz CT molecular complexity index is 993. The number of hydrogen-bond acceptors (Lipinski definition) is 4. The monoisotopic (exact) mass is 383 g/mol. The van der Waals surface area contributed by atoms with E-state index < -0.39 is 35.7 Å². The van der Waals surface area contributed by atoms with Gasteiger partial charge in [0.15, 0.2) is 5.54 Å². The molecule has 144 valence electrons. The van der Waals surface area contributed by atoms with E-state index in [4.69, 9.17) is 4.74 Å². The number of carbonyl (C=O) groups is 3. The summed E-state index contributed by atoms with van der Waals surface area (Å²) in [6, 6.07) is 10.7. The number of amides is 4. The molecule has 1 fully saturated rings. The zero-order chi connectivity index (χ0) is 19.9. The number of carbonyl (C=O) groups excluding carboxylic acids is 3. The second kappa shape index (κ2) is 6.63. The smallest absolute Gasteiger partial charge is 0.325 e. The van der Waals surface area contributed by atoms with Crippen molar-refractivity contribution in [1.29, 1.82) is 0 Å². The molecule has 1 saturated heterocycles. The molecule has 2 aromatic carbocycles. The Morgan fingerprint density at radius 1 is 1.29 bits per heavy atom. The van der Waals surface area contributed by atoms with E-state index in [1.54, 1.807) is 37.3 Å². The number of fused-ring (bicyclic) bond motifs is 2. The number of urea groups is 1. The van der Waals surface area contributed by atoms with Gasteiger partial charge in [0.25, 0.3) is 5.91 Å². The van der Waals surface area contributed by atoms with Crippen molar-refractivity contribution in [3.8, 4) is 5.75 Å². The maximum absolute atomic E-state index is 13.9. The number of benzene rings is 2. The van der Waals surface area contributed by atoms with Gasteiger partial charge in [-0.1, -0.05) is 24.3 Å². The average molecular weight is 383 g/mol. The predicted molar refractivity (Wildman–Crippen MR) is 98.2 cm³/mol. The van der Waals surface area contributed by atoms with Crippen molar-refractivity contribution in [1.82, 2.24) is 10.2 Å². The minimum Gasteiger partial charge on any atom is -0.493 e. The van der Waals surface area contributed by atoms with Crippen LogP contribution in [0.1, 0.15) is 17.5 Å². The summed E-state index contributed by atoms with van der Waals surface area (Å²) in [6.07, 6.45) is 0.263. The number of imide groups is 1. The number of para-hydroxylation sites is 1. The molecule has 4 rings (SSSR count). The molecule has 4 amide bonds. The fourth-order valence-corrected chi connectivity index (χ4v) is 3.57. The number of hydrogen-bond donors (Lipinski definition) is 2. The van der Waals surface area contributed by atoms with Crippen molar-refractivity contribution < 1.29 is 23.5 Å². The highest BCUT2D eigenvalue weighted by molar-refractivity contribution is 6.10. The molecule has 2 aliphatic heterocycles. The lowest BCUT2D eigenvalue weighted by molar-refractivity contribution is -0.135. The van der Waals surface area contributed by atoms with Crippen LogP contribution in [0.5, 0.6) is 5.75 Å². The van der Waals surface area contributed by atoms with Gasteiger partial charge >= 0.3 is 6.03 Å². The average Bonchev–Trinajstić information content (AvgIpc) is 2.89. The molecule has 8 heteroatoms. The molecule has 7 nitrogen and oxygen atoms in total. The van der Waals surface area contributed by atoms with Crippen molar-refractivity contribution >= 4 is 23.5 Å². The lowest BCUT2D eigenvalue weighted by Crippen LogP contribution is -2.48. The van der Waals surface area contributed by atoms with Crippen molar-refractivity contribution in [2.24, 2.45) is 0 Å². The first-order valence-electron chi connectivity index (χ1n) is 8.83. The molecule has 0 aliphatic carbocycles. The molecule has 0 saturated carbocycles. The topological polar surface area (TPSA) is 87.7 Å². The predicted octanol–water partition coefficient (Wildman–Crippen LogP) is 2.30. The highest BCUT2D eigenvalue weighted by Gasteiger charge is 2.55. The molecule has 1 atom stereocenters. The van der Waals surface area contributed by atoms with Crippen LogP contribution in [-0.2, 0) is 15.1 Å². The molecule has 0 unspecified atom stereocenters. The van der Waals surface area contributed by atoms with E-state index in [1.807, 2.05) is 0 Å². The first-order chi connectivity index (χ1) is 13.4. The van der Waals surface area contributed by atoms with Gasteiger partial charge in [0.05, 0.1) is 12.3 Å². The number of anilines is 1. The van der Waals surface area contributed by atoms with E-state index >= 15 is 0 Å². The first-order valence-corrected chi connectivity index (χ1v) is 8.83. The van der Waals surface area contributed by atoms with Crippen LogP contribution in [0.3, 0.4) is 0 Å². The fourth-order valence-electron chi connectivity index (χ4n) is 3.57. The van der Waals surface area contributed by atoms with Crippen LogP contribution in [0, 0.1) is 12.7 Å². The molecule has 2 N–H and O–H groups in total. The standard InChI is InChI=1S/C20H18FN3O4/c1-12-6-7-15(14(21)10-12)22-17(25)11-24-18(26)20(23-19(24)27)8-9-28-16-5-3-2-4-13(16)20/h2-7,10H,8-9,11H2,1H3,(H,22,25)(H,23,27)/t20-/m0/s1. The van der Waals surface area contributed by atoms with Gasteiger partial charge in [-0.2, -0.15) is 0 Å². The van der Waals surface area contributed by atoms with Crippen LogP contribution >= 0.6 is 0 Å². The molecule has 2 aliphatic rings. The quantitative estimate of drug-likeness (QED) is 0.797. The first kappa shape index (κ1) is 18.0. The van der Waals surface area contributed by atoms with Crippen LogP contribution in [0.15, 0.2) is 42.5 Å². The molecule has 1 spiro atoms. The number of nitrogens with one attached hydrogen (secondary N) is 2. The summed E-state index contributed by atoms with van der Waals surface area (Å²) in [7, 11) is 0. The minimum atomic E-state index is -1.25. The molecular weight excluding hydrogens is 365 g/mol. The maximum atomic E-state index is 13.9. The van der Waals surface area contributed by atoms with Crippen LogP contribution in [0.4, 0.5) is 14.9 Å². The molecule has 2 aromatic rings. The van der Waals surface area contributed by atoms with E-state index in [1.165, 1.54) is 12.1 Å². The van der Waals surface area contributed by atoms with Crippen LogP contribution < -0.4 is 15.4 Å². The molecule has 0 aromatic heterocycles. The van der Waals surface area contributed by atoms with Crippen molar-refractivity contribution in [2.75, 3.05) is 18.5 Å². The van der Waals surface area contributed by atoms with Gasteiger partial charge in [-0.05, 0) is 30.7 Å². The summed E-state index contributed by atoms with van der Waals surface area (Å²) in [5.41, 5.74) is 0.0204. The summed E-state index contributed by atoms with van der Waals surface area (Å²) < 4.78 is 19.5. The molecular formula is C20H18FN3O4. The SMILES string of the molecule is Cc1ccc(NC(=O)CN2C(=O)N[C@]3(CCOc4ccccc43)C2=O)c(F)c1. The van der Waals surface area contributed by atoms with Crippen molar-refractivity contribution in [3.63, 3.8) is 0 Å². The fraction of sp³-hybridized carbons (Fsp3) is 0.250. The second-order valence-corrected chi connectivity index (χ2v) is 6.85. The molecule has 28 heavy (non-hydrogen) atoms. The van der Waals surface area contributed by atoms with Crippen LogP contribution in [0.2, 0.25) is 0 Å². The summed E-state index contributed by atoms with van der Waals surface area (Å²) in [6.45, 7) is 1.48. The maximum Gasteiger partial charge on any atom is 0.325 e. The Morgan fingerprint density at radius 2 is 2.07 bits per heavy atom. The summed E-state index contributed by atoms with van der Waals surface area (Å²) >= 11 is 0. The molecule has 0 radical (unpaired) electrons. The third kappa shape index (κ3) is 2.87. The Morgan fingerprint density at radius 3 is 2.86 bits per heavy atom. The van der Waals surface area contributed by atoms with Gasteiger partial charge in [0.1, 0.15) is 18.1 Å². The van der Waals surface area contributed by atoms with E-state index in [0.717, 1.165) is 4.90 Å². The Balaban J connectivity index is 1.55. The number of halogens is 1. The Hall–Kier alpha value is -3.42. The Kier molecular flexibility index (Phi) is 4.26. The van der Waals surface area contributed by atoms with Gasteiger partial charge in [0.2, 0.25) is 5.91 Å². The van der Waals surface area contributed by atoms with Crippen molar-refractivity contribution in [2.45, 2.75) is 18.9 Å². The van der Waals surface area contributed by atoms with Crippen molar-refractivity contribution in [3.05, 3.63) is 59.4 Å². The number of ether oxygens (including phenoxy) is 1. The van der Waals surface area contributed by atoms with E-state index in [-0.39, 0.29) is 18.7 Å². The molecule has 0 bridgehead atoms. The lowest BCUT2D eigenvalue weighted by atomic mass is 9.84. The zero-order valence-electron chi connectivity index (χ0n) is 15.1. The summed E-state index contributed by atoms with van der Waals surface area (Å²) in [4.78, 5) is 38.7. The van der Waals surface area contributed by atoms with E-state index in [9.17, 15) is 18.8 Å². The van der Waals surface area contributed by atoms with Gasteiger partial charge in [-0.25, -0.2) is 9.18 Å². The van der Waals surface area contributed by atoms with Crippen LogP contribution in [0.25, 0.3) is 0 Å². The highest BCUT2D eigenvalue weighted by Crippen LogP contribution is 2.40. The van der Waals surface area contributed by atoms with Gasteiger partial charge in [-0.3, -0.25) is 14.5 Å². The summed E-state index contributed by atoms with van der Waals surface area (Å²) in [5, 5.41) is 5.12. The normalized spacial score (nSPS) is 20.6. The third-order valence-electron chi connectivity index (χ3n) is 4.96. The number of aryl methyl sites for hydroxylation is 1. The lowest BCUT2D eigenvalue weighted by Gasteiger charge is -2.33. The van der Waals surface area contributed by atoms with Gasteiger partial charge < -0.3 is 15.4 Å². The second-order valence-electron chi connectivity index (χ2n) is 6.85. The summed E-state index contributed by atoms with van der Waals surface area (Å²) in [5.74, 6) is -1.24. The largest absolute Gasteiger partial charge is 0.493 e. The van der Waals surface area contributed by atoms with Gasteiger partial charge in [0, 0.05) is 12.0 Å². The number of rotatable bonds is 3. The third-order valence-corrected chi connectivity index (χ3v) is 4.96.